The summed E-state index contributed by atoms with van der Waals surface area (Å²) >= 11 is 0. The molecule has 1 aliphatic rings. The molecule has 1 fully saturated rings. The van der Waals surface area contributed by atoms with Crippen LogP contribution in [0.2, 0.25) is 0 Å². The van der Waals surface area contributed by atoms with Gasteiger partial charge in [-0.15, -0.1) is 0 Å². The number of ketones is 1. The second-order valence-corrected chi connectivity index (χ2v) is 3.31. The van der Waals surface area contributed by atoms with Gasteiger partial charge in [-0.25, -0.2) is 0 Å². The lowest BCUT2D eigenvalue weighted by atomic mass is 9.98. The van der Waals surface area contributed by atoms with E-state index in [0.29, 0.717) is 6.42 Å². The van der Waals surface area contributed by atoms with E-state index >= 15 is 0 Å². The van der Waals surface area contributed by atoms with Crippen molar-refractivity contribution in [1.29, 1.82) is 0 Å². The van der Waals surface area contributed by atoms with Gasteiger partial charge < -0.3 is 5.11 Å². The van der Waals surface area contributed by atoms with Crippen LogP contribution in [0.25, 0.3) is 0 Å². The Bertz CT molecular complexity index is 274. The van der Waals surface area contributed by atoms with Crippen molar-refractivity contribution >= 4 is 5.78 Å². The van der Waals surface area contributed by atoms with Crippen LogP contribution in [-0.2, 0) is 4.79 Å². The molecule has 0 bridgehead atoms. The third-order valence-corrected chi connectivity index (χ3v) is 2.24. The number of aliphatic hydroxyl groups excluding tert-OH is 1. The molecule has 0 aliphatic heterocycles. The number of hydrogen-bond donors (Lipinski definition) is 1. The second kappa shape index (κ2) is 4.08. The molecule has 1 rings (SSSR count). The van der Waals surface area contributed by atoms with Crippen molar-refractivity contribution in [3.8, 4) is 0 Å². The molecule has 1 saturated carbocycles. The summed E-state index contributed by atoms with van der Waals surface area (Å²) < 4.78 is 0. The van der Waals surface area contributed by atoms with Crippen LogP contribution in [0, 0.1) is 5.92 Å². The van der Waals surface area contributed by atoms with Crippen molar-refractivity contribution in [1.82, 2.24) is 0 Å². The van der Waals surface area contributed by atoms with Gasteiger partial charge in [0.1, 0.15) is 11.5 Å². The van der Waals surface area contributed by atoms with Gasteiger partial charge in [0.2, 0.25) is 0 Å². The van der Waals surface area contributed by atoms with Crippen molar-refractivity contribution in [2.45, 2.75) is 19.3 Å². The second-order valence-electron chi connectivity index (χ2n) is 3.31. The molecule has 0 heterocycles. The number of Topliss-reactive ketones (excluding diaryl/α,β-unsaturated/α-hetero) is 1. The summed E-state index contributed by atoms with van der Waals surface area (Å²) in [6.45, 7) is 7.11. The van der Waals surface area contributed by atoms with Crippen LogP contribution < -0.4 is 0 Å². The Hall–Kier alpha value is -1.31. The number of carbonyl (C=O) groups is 1. The normalized spacial score (nSPS) is 22.5. The predicted octanol–water partition coefficient (Wildman–Crippen LogP) is 2.54. The minimum Gasteiger partial charge on any atom is -0.509 e. The summed E-state index contributed by atoms with van der Waals surface area (Å²) in [6, 6.07) is 0. The van der Waals surface area contributed by atoms with Crippen LogP contribution >= 0.6 is 0 Å². The van der Waals surface area contributed by atoms with Crippen molar-refractivity contribution < 1.29 is 9.90 Å². The smallest absolute Gasteiger partial charge is 0.140 e. The van der Waals surface area contributed by atoms with Gasteiger partial charge in [-0.05, 0) is 24.5 Å². The fourth-order valence-corrected chi connectivity index (χ4v) is 1.53. The Morgan fingerprint density at radius 2 is 2.15 bits per heavy atom. The van der Waals surface area contributed by atoms with Crippen molar-refractivity contribution in [2.24, 2.45) is 5.92 Å². The van der Waals surface area contributed by atoms with Crippen molar-refractivity contribution in [3.05, 3.63) is 36.6 Å². The van der Waals surface area contributed by atoms with E-state index in [2.05, 4.69) is 13.2 Å². The minimum absolute atomic E-state index is 0.00778. The molecule has 0 aromatic heterocycles. The van der Waals surface area contributed by atoms with E-state index in [1.807, 2.05) is 0 Å². The highest BCUT2D eigenvalue weighted by molar-refractivity contribution is 5.86. The molecule has 0 radical (unpaired) electrons. The van der Waals surface area contributed by atoms with Gasteiger partial charge in [-0.3, -0.25) is 4.79 Å². The molecule has 0 amide bonds. The molecule has 2 nitrogen and oxygen atoms in total. The van der Waals surface area contributed by atoms with E-state index in [0.717, 1.165) is 18.4 Å². The summed E-state index contributed by atoms with van der Waals surface area (Å²) in [5.41, 5.74) is 0.776. The highest BCUT2D eigenvalue weighted by Gasteiger charge is 2.25. The standard InChI is InChI=1S/C11H14O2/c1-8(6-7-9(2)12)10-4-3-5-11(10)13/h6-7,10,12H,1-5H2/b7-6-. The van der Waals surface area contributed by atoms with Gasteiger partial charge in [0.25, 0.3) is 0 Å². The van der Waals surface area contributed by atoms with Crippen LogP contribution in [0.5, 0.6) is 0 Å². The molecule has 0 aromatic rings. The molecule has 0 saturated heterocycles. The molecule has 0 spiro atoms. The van der Waals surface area contributed by atoms with Gasteiger partial charge in [0.15, 0.2) is 0 Å². The molecule has 13 heavy (non-hydrogen) atoms. The number of hydrogen-bond acceptors (Lipinski definition) is 2. The van der Waals surface area contributed by atoms with Gasteiger partial charge in [-0.1, -0.05) is 19.2 Å². The van der Waals surface area contributed by atoms with E-state index in [1.54, 1.807) is 6.08 Å². The highest BCUT2D eigenvalue weighted by Crippen LogP contribution is 2.27. The fourth-order valence-electron chi connectivity index (χ4n) is 1.53. The third-order valence-electron chi connectivity index (χ3n) is 2.24. The maximum absolute atomic E-state index is 11.3. The van der Waals surface area contributed by atoms with Crippen molar-refractivity contribution in [2.75, 3.05) is 0 Å². The fraction of sp³-hybridized carbons (Fsp3) is 0.364. The third kappa shape index (κ3) is 2.58. The topological polar surface area (TPSA) is 37.3 Å². The molecule has 2 heteroatoms. The van der Waals surface area contributed by atoms with Gasteiger partial charge in [-0.2, -0.15) is 0 Å². The highest BCUT2D eigenvalue weighted by atomic mass is 16.3. The first-order valence-corrected chi connectivity index (χ1v) is 4.38. The lowest BCUT2D eigenvalue weighted by Gasteiger charge is -2.06. The first kappa shape index (κ1) is 9.78. The van der Waals surface area contributed by atoms with Gasteiger partial charge >= 0.3 is 0 Å². The van der Waals surface area contributed by atoms with E-state index in [4.69, 9.17) is 5.11 Å². The first-order chi connectivity index (χ1) is 6.11. The predicted molar refractivity (Wildman–Crippen MR) is 52.4 cm³/mol. The van der Waals surface area contributed by atoms with Crippen LogP contribution in [0.4, 0.5) is 0 Å². The van der Waals surface area contributed by atoms with Gasteiger partial charge in [0.05, 0.1) is 0 Å². The average Bonchev–Trinajstić information content (AvgIpc) is 2.47. The zero-order valence-corrected chi connectivity index (χ0v) is 7.62. The first-order valence-electron chi connectivity index (χ1n) is 4.38. The van der Waals surface area contributed by atoms with E-state index in [9.17, 15) is 4.79 Å². The monoisotopic (exact) mass is 178 g/mol. The van der Waals surface area contributed by atoms with Crippen LogP contribution in [-0.4, -0.2) is 10.9 Å². The number of aliphatic hydroxyl groups is 1. The maximum atomic E-state index is 11.3. The van der Waals surface area contributed by atoms with Crippen LogP contribution in [0.3, 0.4) is 0 Å². The Balaban J connectivity index is 2.57. The molecule has 0 aromatic carbocycles. The van der Waals surface area contributed by atoms with Crippen molar-refractivity contribution in [3.63, 3.8) is 0 Å². The van der Waals surface area contributed by atoms with Crippen LogP contribution in [0.15, 0.2) is 36.6 Å². The summed E-state index contributed by atoms with van der Waals surface area (Å²) in [7, 11) is 0. The summed E-state index contributed by atoms with van der Waals surface area (Å²) in [4.78, 5) is 11.3. The average molecular weight is 178 g/mol. The Morgan fingerprint density at radius 1 is 1.46 bits per heavy atom. The maximum Gasteiger partial charge on any atom is 0.140 e. The largest absolute Gasteiger partial charge is 0.509 e. The van der Waals surface area contributed by atoms with E-state index in [-0.39, 0.29) is 17.5 Å². The molecule has 70 valence electrons. The van der Waals surface area contributed by atoms with Gasteiger partial charge in [0, 0.05) is 12.3 Å². The zero-order chi connectivity index (χ0) is 9.84. The number of carbonyl (C=O) groups excluding carboxylic acids is 1. The Kier molecular flexibility index (Phi) is 3.07. The summed E-state index contributed by atoms with van der Waals surface area (Å²) in [5.74, 6) is 0.223. The Morgan fingerprint density at radius 3 is 2.62 bits per heavy atom. The van der Waals surface area contributed by atoms with Crippen LogP contribution in [0.1, 0.15) is 19.3 Å². The van der Waals surface area contributed by atoms with E-state index < -0.39 is 0 Å². The lowest BCUT2D eigenvalue weighted by Crippen LogP contribution is -2.06. The number of allylic oxidation sites excluding steroid dienone is 3. The quantitative estimate of drug-likeness (QED) is 0.532. The summed E-state index contributed by atoms with van der Waals surface area (Å²) in [6.07, 6.45) is 5.64. The minimum atomic E-state index is -0.0319. The zero-order valence-electron chi connectivity index (χ0n) is 7.62. The van der Waals surface area contributed by atoms with E-state index in [1.165, 1.54) is 6.08 Å². The molecule has 1 unspecified atom stereocenters. The molecular formula is C11H14O2. The molecule has 1 N–H and O–H groups in total. The molecular weight excluding hydrogens is 164 g/mol. The number of rotatable bonds is 3. The summed E-state index contributed by atoms with van der Waals surface area (Å²) in [5, 5.41) is 8.80. The molecule has 1 aliphatic carbocycles. The Labute approximate surface area is 78.3 Å². The SMILES string of the molecule is C=C(O)/C=C\C(=C)C1CCCC1=O. The lowest BCUT2D eigenvalue weighted by molar-refractivity contribution is -0.119. The molecule has 1 atom stereocenters.